The predicted octanol–water partition coefficient (Wildman–Crippen LogP) is 5.22. The molecule has 144 valence electrons. The monoisotopic (exact) mass is 384 g/mol. The molecule has 0 amide bonds. The third-order valence-electron chi connectivity index (χ3n) is 4.67. The number of benzene rings is 1. The van der Waals surface area contributed by atoms with Crippen LogP contribution in [0, 0.1) is 0 Å². The van der Waals surface area contributed by atoms with Gasteiger partial charge in [0.15, 0.2) is 0 Å². The molecule has 0 aliphatic rings. The fraction of sp³-hybridized carbons (Fsp3) is 0.667. The molecule has 0 unspecified atom stereocenters. The topological polar surface area (TPSA) is 9.23 Å². The normalized spacial score (nSPS) is 10.8. The third kappa shape index (κ3) is 17.8. The number of unbranched alkanes of at least 4 members (excludes halogenated alkanes) is 12. The summed E-state index contributed by atoms with van der Waals surface area (Å²) in [7, 11) is 0. The Hall–Kier alpha value is 0.396. The Kier molecular flexibility index (Phi) is 22.0. The predicted molar refractivity (Wildman–Crippen MR) is 113 cm³/mol. The van der Waals surface area contributed by atoms with Gasteiger partial charge in [0.25, 0.3) is 0 Å². The van der Waals surface area contributed by atoms with Crippen molar-refractivity contribution in [1.29, 1.82) is 0 Å². The van der Waals surface area contributed by atoms with Crippen LogP contribution < -0.4 is 56.1 Å². The molecule has 26 heavy (non-hydrogen) atoms. The van der Waals surface area contributed by atoms with Gasteiger partial charge in [0.1, 0.15) is 5.75 Å². The van der Waals surface area contributed by atoms with E-state index in [0.29, 0.717) is 0 Å². The largest absolute Gasteiger partial charge is 1.00 e. The first-order valence-electron chi connectivity index (χ1n) is 10.8. The molecule has 0 radical (unpaired) electrons. The molecule has 0 N–H and O–H groups in total. The summed E-state index contributed by atoms with van der Waals surface area (Å²) in [4.78, 5) is 0. The summed E-state index contributed by atoms with van der Waals surface area (Å²) in [6, 6.07) is 10.1. The van der Waals surface area contributed by atoms with Gasteiger partial charge >= 0.3 is 51.4 Å². The van der Waals surface area contributed by atoms with Crippen molar-refractivity contribution in [2.45, 2.75) is 96.8 Å². The maximum absolute atomic E-state index is 5.72. The smallest absolute Gasteiger partial charge is 1.00 e. The van der Waals surface area contributed by atoms with E-state index in [0.717, 1.165) is 12.4 Å². The summed E-state index contributed by atoms with van der Waals surface area (Å²) in [5.41, 5.74) is 0. The zero-order valence-corrected chi connectivity index (χ0v) is 20.7. The molecule has 0 bridgehead atoms. The maximum atomic E-state index is 5.72. The summed E-state index contributed by atoms with van der Waals surface area (Å²) < 4.78 is 5.72. The molecule has 1 aromatic rings. The summed E-state index contributed by atoms with van der Waals surface area (Å²) in [5.74, 6) is 0.996. The van der Waals surface area contributed by atoms with Gasteiger partial charge in [0, 0.05) is 0 Å². The SMILES string of the molecule is CCCCCCCC/C=C\CCCCCCCCOc1ccccc1.[H-].[K+]. The number of rotatable bonds is 17. The Morgan fingerprint density at radius 1 is 0.692 bits per heavy atom. The molecular weight excluding hydrogens is 343 g/mol. The van der Waals surface area contributed by atoms with Crippen LogP contribution in [0.4, 0.5) is 0 Å². The van der Waals surface area contributed by atoms with E-state index in [1.54, 1.807) is 0 Å². The molecular formula is C24H41KO. The first-order chi connectivity index (χ1) is 12.4. The molecule has 0 aliphatic carbocycles. The van der Waals surface area contributed by atoms with E-state index >= 15 is 0 Å². The minimum atomic E-state index is 0. The molecule has 1 aromatic carbocycles. The molecule has 1 rings (SSSR count). The second-order valence-corrected chi connectivity index (χ2v) is 7.10. The maximum Gasteiger partial charge on any atom is 1.00 e. The fourth-order valence-corrected chi connectivity index (χ4v) is 3.06. The van der Waals surface area contributed by atoms with Gasteiger partial charge in [-0.2, -0.15) is 0 Å². The zero-order chi connectivity index (χ0) is 17.8. The van der Waals surface area contributed by atoms with Gasteiger partial charge in [-0.3, -0.25) is 0 Å². The average Bonchev–Trinajstić information content (AvgIpc) is 2.65. The molecule has 2 heteroatoms. The first kappa shape index (κ1) is 26.4. The van der Waals surface area contributed by atoms with Crippen LogP contribution in [0.25, 0.3) is 0 Å². The number of ether oxygens (including phenoxy) is 1. The molecule has 0 saturated carbocycles. The van der Waals surface area contributed by atoms with Crippen molar-refractivity contribution in [2.24, 2.45) is 0 Å². The Bertz CT molecular complexity index is 408. The van der Waals surface area contributed by atoms with Gasteiger partial charge in [0.05, 0.1) is 6.61 Å². The molecule has 0 heterocycles. The molecule has 0 spiro atoms. The minimum Gasteiger partial charge on any atom is -1.00 e. The first-order valence-corrected chi connectivity index (χ1v) is 10.8. The summed E-state index contributed by atoms with van der Waals surface area (Å²) in [6.45, 7) is 3.13. The number of hydrogen-bond donors (Lipinski definition) is 0. The van der Waals surface area contributed by atoms with Gasteiger partial charge in [0.2, 0.25) is 0 Å². The van der Waals surface area contributed by atoms with Crippen molar-refractivity contribution in [3.8, 4) is 5.75 Å². The zero-order valence-electron chi connectivity index (χ0n) is 18.6. The van der Waals surface area contributed by atoms with Crippen LogP contribution in [-0.4, -0.2) is 6.61 Å². The molecule has 1 nitrogen and oxygen atoms in total. The Morgan fingerprint density at radius 3 is 1.77 bits per heavy atom. The van der Waals surface area contributed by atoms with Crippen LogP contribution in [-0.2, 0) is 0 Å². The van der Waals surface area contributed by atoms with E-state index in [4.69, 9.17) is 4.74 Å². The van der Waals surface area contributed by atoms with Crippen LogP contribution >= 0.6 is 0 Å². The van der Waals surface area contributed by atoms with Crippen LogP contribution in [0.3, 0.4) is 0 Å². The number of allylic oxidation sites excluding steroid dienone is 2. The van der Waals surface area contributed by atoms with Crippen LogP contribution in [0.15, 0.2) is 42.5 Å². The quantitative estimate of drug-likeness (QED) is 0.203. The van der Waals surface area contributed by atoms with Gasteiger partial charge in [-0.1, -0.05) is 95.1 Å². The Morgan fingerprint density at radius 2 is 1.19 bits per heavy atom. The second kappa shape index (κ2) is 21.7. The van der Waals surface area contributed by atoms with E-state index in [9.17, 15) is 0 Å². The van der Waals surface area contributed by atoms with Crippen molar-refractivity contribution < 1.29 is 57.5 Å². The molecule has 0 fully saturated rings. The van der Waals surface area contributed by atoms with Crippen molar-refractivity contribution in [2.75, 3.05) is 6.61 Å². The Balaban J connectivity index is 0. The number of para-hydroxylation sites is 1. The molecule has 0 atom stereocenters. The van der Waals surface area contributed by atoms with E-state index in [2.05, 4.69) is 19.1 Å². The molecule has 0 aromatic heterocycles. The van der Waals surface area contributed by atoms with Gasteiger partial charge in [-0.15, -0.1) is 0 Å². The number of hydrogen-bond acceptors (Lipinski definition) is 1. The fourth-order valence-electron chi connectivity index (χ4n) is 3.06. The van der Waals surface area contributed by atoms with Crippen molar-refractivity contribution >= 4 is 0 Å². The Labute approximate surface area is 207 Å². The van der Waals surface area contributed by atoms with Crippen LogP contribution in [0.2, 0.25) is 0 Å². The third-order valence-corrected chi connectivity index (χ3v) is 4.67. The van der Waals surface area contributed by atoms with E-state index in [1.165, 1.54) is 89.9 Å². The molecule has 0 aliphatic heterocycles. The molecule has 0 saturated heterocycles. The average molecular weight is 385 g/mol. The van der Waals surface area contributed by atoms with Crippen molar-refractivity contribution in [1.82, 2.24) is 0 Å². The standard InChI is InChI=1S/C24H40O.K.H/c1-2-3-4-5-6-7-8-9-10-11-12-13-14-15-16-20-23-25-24-21-18-17-19-22-24;;/h9-10,17-19,21-22H,2-8,11-16,20,23H2,1H3;;/q;+1;-1/b10-9-;;. The van der Waals surface area contributed by atoms with Gasteiger partial charge in [-0.25, -0.2) is 0 Å². The summed E-state index contributed by atoms with van der Waals surface area (Å²) in [6.07, 6.45) is 23.7. The summed E-state index contributed by atoms with van der Waals surface area (Å²) in [5, 5.41) is 0. The van der Waals surface area contributed by atoms with Crippen LogP contribution in [0.5, 0.6) is 5.75 Å². The van der Waals surface area contributed by atoms with E-state index in [1.807, 2.05) is 30.3 Å². The minimum absolute atomic E-state index is 0. The van der Waals surface area contributed by atoms with Crippen molar-refractivity contribution in [3.05, 3.63) is 42.5 Å². The van der Waals surface area contributed by atoms with E-state index < -0.39 is 0 Å². The van der Waals surface area contributed by atoms with E-state index in [-0.39, 0.29) is 52.8 Å². The second-order valence-electron chi connectivity index (χ2n) is 7.10. The van der Waals surface area contributed by atoms with Gasteiger partial charge in [-0.05, 0) is 44.2 Å². The summed E-state index contributed by atoms with van der Waals surface area (Å²) >= 11 is 0. The van der Waals surface area contributed by atoms with Crippen molar-refractivity contribution in [3.63, 3.8) is 0 Å². The van der Waals surface area contributed by atoms with Gasteiger partial charge < -0.3 is 6.16 Å². The van der Waals surface area contributed by atoms with Crippen LogP contribution in [0.1, 0.15) is 98.2 Å².